The van der Waals surface area contributed by atoms with Gasteiger partial charge in [-0.25, -0.2) is 0 Å². The van der Waals surface area contributed by atoms with E-state index in [1.807, 2.05) is 0 Å². The summed E-state index contributed by atoms with van der Waals surface area (Å²) in [6.07, 6.45) is 5.90. The Labute approximate surface area is 91.7 Å². The third-order valence-electron chi connectivity index (χ3n) is 2.85. The molecular weight excluding hydrogens is 194 g/mol. The van der Waals surface area contributed by atoms with Crippen molar-refractivity contribution >= 4 is 0 Å². The van der Waals surface area contributed by atoms with Crippen molar-refractivity contribution in [2.45, 2.75) is 37.6 Å². The lowest BCUT2D eigenvalue weighted by atomic mass is 9.83. The first-order chi connectivity index (χ1) is 7.27. The van der Waals surface area contributed by atoms with Crippen molar-refractivity contribution in [2.75, 3.05) is 33.0 Å². The molecule has 1 aliphatic rings. The minimum atomic E-state index is -0.102. The minimum absolute atomic E-state index is 0.0703. The summed E-state index contributed by atoms with van der Waals surface area (Å²) in [5.74, 6) is 0. The van der Waals surface area contributed by atoms with Crippen LogP contribution in [-0.4, -0.2) is 43.7 Å². The number of aliphatic hydroxyl groups excluding tert-OH is 1. The van der Waals surface area contributed by atoms with E-state index in [0.717, 1.165) is 12.8 Å². The van der Waals surface area contributed by atoms with Gasteiger partial charge in [0.1, 0.15) is 0 Å². The van der Waals surface area contributed by atoms with E-state index in [9.17, 15) is 0 Å². The monoisotopic (exact) mass is 217 g/mol. The molecule has 0 heterocycles. The SMILES string of the molecule is NC1(COCCOCCO)CCCCC1. The van der Waals surface area contributed by atoms with Crippen molar-refractivity contribution in [3.05, 3.63) is 0 Å². The van der Waals surface area contributed by atoms with E-state index in [1.165, 1.54) is 19.3 Å². The fraction of sp³-hybridized carbons (Fsp3) is 1.00. The van der Waals surface area contributed by atoms with Gasteiger partial charge in [-0.05, 0) is 12.8 Å². The summed E-state index contributed by atoms with van der Waals surface area (Å²) in [5.41, 5.74) is 6.09. The zero-order valence-corrected chi connectivity index (χ0v) is 9.41. The Morgan fingerprint density at radius 2 is 1.67 bits per heavy atom. The van der Waals surface area contributed by atoms with Crippen molar-refractivity contribution in [3.8, 4) is 0 Å². The third kappa shape index (κ3) is 5.47. The molecule has 0 aromatic heterocycles. The van der Waals surface area contributed by atoms with E-state index < -0.39 is 0 Å². The number of hydrogen-bond acceptors (Lipinski definition) is 4. The molecule has 0 amide bonds. The Hall–Kier alpha value is -0.160. The average molecular weight is 217 g/mol. The number of nitrogens with two attached hydrogens (primary N) is 1. The van der Waals surface area contributed by atoms with E-state index in [0.29, 0.717) is 26.4 Å². The number of aliphatic hydroxyl groups is 1. The summed E-state index contributed by atoms with van der Waals surface area (Å²) in [6.45, 7) is 2.20. The molecule has 1 rings (SSSR count). The fourth-order valence-electron chi connectivity index (χ4n) is 1.96. The van der Waals surface area contributed by atoms with Gasteiger partial charge in [0.05, 0.1) is 33.0 Å². The minimum Gasteiger partial charge on any atom is -0.394 e. The maximum Gasteiger partial charge on any atom is 0.0701 e. The van der Waals surface area contributed by atoms with Gasteiger partial charge in [-0.2, -0.15) is 0 Å². The quantitative estimate of drug-likeness (QED) is 0.615. The second-order valence-corrected chi connectivity index (χ2v) is 4.31. The van der Waals surface area contributed by atoms with Crippen LogP contribution in [0.3, 0.4) is 0 Å². The molecule has 1 aliphatic carbocycles. The largest absolute Gasteiger partial charge is 0.394 e. The molecule has 0 bridgehead atoms. The van der Waals surface area contributed by atoms with Crippen molar-refractivity contribution < 1.29 is 14.6 Å². The molecule has 0 radical (unpaired) electrons. The highest BCUT2D eigenvalue weighted by molar-refractivity contribution is 4.86. The Morgan fingerprint density at radius 3 is 2.33 bits per heavy atom. The molecule has 0 aromatic carbocycles. The van der Waals surface area contributed by atoms with Crippen LogP contribution in [0, 0.1) is 0 Å². The predicted octanol–water partition coefficient (Wildman–Crippen LogP) is 0.673. The summed E-state index contributed by atoms with van der Waals surface area (Å²) in [6, 6.07) is 0. The highest BCUT2D eigenvalue weighted by atomic mass is 16.5. The van der Waals surface area contributed by atoms with Crippen LogP contribution in [0.4, 0.5) is 0 Å². The van der Waals surface area contributed by atoms with Crippen LogP contribution in [-0.2, 0) is 9.47 Å². The lowest BCUT2D eigenvalue weighted by molar-refractivity contribution is 0.0110. The summed E-state index contributed by atoms with van der Waals surface area (Å²) in [7, 11) is 0. The van der Waals surface area contributed by atoms with Gasteiger partial charge in [0.2, 0.25) is 0 Å². The first kappa shape index (κ1) is 12.9. The van der Waals surface area contributed by atoms with Crippen LogP contribution in [0.1, 0.15) is 32.1 Å². The molecule has 0 spiro atoms. The molecule has 0 aromatic rings. The molecule has 1 saturated carbocycles. The van der Waals surface area contributed by atoms with Crippen LogP contribution in [0.5, 0.6) is 0 Å². The molecule has 15 heavy (non-hydrogen) atoms. The van der Waals surface area contributed by atoms with Gasteiger partial charge in [0, 0.05) is 5.54 Å². The van der Waals surface area contributed by atoms with Gasteiger partial charge >= 0.3 is 0 Å². The van der Waals surface area contributed by atoms with Crippen molar-refractivity contribution in [2.24, 2.45) is 5.73 Å². The smallest absolute Gasteiger partial charge is 0.0701 e. The van der Waals surface area contributed by atoms with Crippen molar-refractivity contribution in [3.63, 3.8) is 0 Å². The average Bonchev–Trinajstić information content (AvgIpc) is 2.24. The molecule has 0 atom stereocenters. The summed E-state index contributed by atoms with van der Waals surface area (Å²) >= 11 is 0. The maximum atomic E-state index is 8.48. The van der Waals surface area contributed by atoms with Gasteiger partial charge in [-0.3, -0.25) is 0 Å². The second-order valence-electron chi connectivity index (χ2n) is 4.31. The van der Waals surface area contributed by atoms with Crippen LogP contribution in [0.15, 0.2) is 0 Å². The van der Waals surface area contributed by atoms with Crippen LogP contribution in [0.25, 0.3) is 0 Å². The van der Waals surface area contributed by atoms with Gasteiger partial charge < -0.3 is 20.3 Å². The second kappa shape index (κ2) is 7.17. The molecule has 0 saturated heterocycles. The molecule has 3 N–H and O–H groups in total. The lowest BCUT2D eigenvalue weighted by Crippen LogP contribution is -2.46. The van der Waals surface area contributed by atoms with Crippen LogP contribution < -0.4 is 5.73 Å². The number of rotatable bonds is 7. The number of ether oxygens (including phenoxy) is 2. The first-order valence-corrected chi connectivity index (χ1v) is 5.82. The molecule has 90 valence electrons. The lowest BCUT2D eigenvalue weighted by Gasteiger charge is -2.32. The van der Waals surface area contributed by atoms with E-state index in [-0.39, 0.29) is 12.1 Å². The Kier molecular flexibility index (Phi) is 6.17. The zero-order valence-electron chi connectivity index (χ0n) is 9.41. The Balaban J connectivity index is 1.98. The van der Waals surface area contributed by atoms with Crippen molar-refractivity contribution in [1.29, 1.82) is 0 Å². The van der Waals surface area contributed by atoms with E-state index in [2.05, 4.69) is 0 Å². The highest BCUT2D eigenvalue weighted by Gasteiger charge is 2.27. The van der Waals surface area contributed by atoms with Gasteiger partial charge in [-0.1, -0.05) is 19.3 Å². The molecule has 0 unspecified atom stereocenters. The molecular formula is C11H23NO3. The van der Waals surface area contributed by atoms with Crippen LogP contribution in [0.2, 0.25) is 0 Å². The summed E-state index contributed by atoms with van der Waals surface area (Å²) in [4.78, 5) is 0. The number of hydrogen-bond donors (Lipinski definition) is 2. The van der Waals surface area contributed by atoms with E-state index in [1.54, 1.807) is 0 Å². The highest BCUT2D eigenvalue weighted by Crippen LogP contribution is 2.25. The van der Waals surface area contributed by atoms with Crippen molar-refractivity contribution in [1.82, 2.24) is 0 Å². The summed E-state index contributed by atoms with van der Waals surface area (Å²) < 4.78 is 10.6. The molecule has 1 fully saturated rings. The predicted molar refractivity (Wildman–Crippen MR) is 58.7 cm³/mol. The standard InChI is InChI=1S/C11H23NO3/c12-11(4-2-1-3-5-11)10-15-9-8-14-7-6-13/h13H,1-10,12H2. The topological polar surface area (TPSA) is 64.7 Å². The molecule has 0 aliphatic heterocycles. The third-order valence-corrected chi connectivity index (χ3v) is 2.85. The van der Waals surface area contributed by atoms with Gasteiger partial charge in [0.15, 0.2) is 0 Å². The normalized spacial score (nSPS) is 20.4. The molecule has 4 nitrogen and oxygen atoms in total. The fourth-order valence-corrected chi connectivity index (χ4v) is 1.96. The summed E-state index contributed by atoms with van der Waals surface area (Å²) in [5, 5.41) is 8.48. The van der Waals surface area contributed by atoms with E-state index in [4.69, 9.17) is 20.3 Å². The van der Waals surface area contributed by atoms with Gasteiger partial charge in [-0.15, -0.1) is 0 Å². The Morgan fingerprint density at radius 1 is 1.00 bits per heavy atom. The zero-order chi connectivity index (χ0) is 11.0. The van der Waals surface area contributed by atoms with E-state index >= 15 is 0 Å². The first-order valence-electron chi connectivity index (χ1n) is 5.82. The maximum absolute atomic E-state index is 8.48. The van der Waals surface area contributed by atoms with Gasteiger partial charge in [0.25, 0.3) is 0 Å². The van der Waals surface area contributed by atoms with Crippen LogP contribution >= 0.6 is 0 Å². The molecule has 4 heteroatoms. The Bertz CT molecular complexity index is 158.